The molecule has 5 aromatic rings. The molecule has 5 rings (SSSR count). The third-order valence-electron chi connectivity index (χ3n) is 5.21. The number of carbonyl (C=O) groups is 1. The first-order valence-corrected chi connectivity index (χ1v) is 10.8. The predicted molar refractivity (Wildman–Crippen MR) is 124 cm³/mol. The zero-order valence-corrected chi connectivity index (χ0v) is 17.8. The number of hydrogen-bond acceptors (Lipinski definition) is 4. The van der Waals surface area contributed by atoms with E-state index in [1.807, 2.05) is 71.8 Å². The summed E-state index contributed by atoms with van der Waals surface area (Å²) in [5, 5.41) is 9.36. The second-order valence-electron chi connectivity index (χ2n) is 7.35. The van der Waals surface area contributed by atoms with E-state index in [9.17, 15) is 4.79 Å². The van der Waals surface area contributed by atoms with Crippen molar-refractivity contribution >= 4 is 28.0 Å². The normalized spacial score (nSPS) is 11.0. The molecule has 152 valence electrons. The number of thiazole rings is 1. The van der Waals surface area contributed by atoms with Crippen LogP contribution in [0, 0.1) is 0 Å². The van der Waals surface area contributed by atoms with E-state index in [0.29, 0.717) is 12.2 Å². The van der Waals surface area contributed by atoms with Gasteiger partial charge in [-0.2, -0.15) is 5.10 Å². The van der Waals surface area contributed by atoms with Crippen molar-refractivity contribution in [2.75, 3.05) is 7.05 Å². The molecule has 0 aliphatic carbocycles. The zero-order valence-electron chi connectivity index (χ0n) is 17.0. The SMILES string of the molecule is CN(Cc1cccc2ccccc12)C(=O)c1csc(-c2cnn(-c3ccccc3)c2)n1. The highest BCUT2D eigenvalue weighted by molar-refractivity contribution is 7.13. The molecule has 2 heterocycles. The summed E-state index contributed by atoms with van der Waals surface area (Å²) in [5.74, 6) is -0.0918. The monoisotopic (exact) mass is 424 g/mol. The van der Waals surface area contributed by atoms with E-state index in [0.717, 1.165) is 27.2 Å². The van der Waals surface area contributed by atoms with Crippen LogP contribution in [-0.2, 0) is 6.54 Å². The van der Waals surface area contributed by atoms with Gasteiger partial charge in [0, 0.05) is 30.7 Å². The number of para-hydroxylation sites is 1. The van der Waals surface area contributed by atoms with Crippen molar-refractivity contribution in [3.63, 3.8) is 0 Å². The van der Waals surface area contributed by atoms with Crippen LogP contribution in [-0.4, -0.2) is 32.6 Å². The molecule has 0 aliphatic heterocycles. The van der Waals surface area contributed by atoms with Crippen LogP contribution in [0.1, 0.15) is 16.1 Å². The topological polar surface area (TPSA) is 51.0 Å². The number of nitrogens with zero attached hydrogens (tertiary/aromatic N) is 4. The number of aromatic nitrogens is 3. The fraction of sp³-hybridized carbons (Fsp3) is 0.0800. The summed E-state index contributed by atoms with van der Waals surface area (Å²) >= 11 is 1.45. The van der Waals surface area contributed by atoms with E-state index in [4.69, 9.17) is 0 Å². The highest BCUT2D eigenvalue weighted by Crippen LogP contribution is 2.25. The van der Waals surface area contributed by atoms with E-state index in [-0.39, 0.29) is 5.91 Å². The van der Waals surface area contributed by atoms with Crippen molar-refractivity contribution in [3.05, 3.63) is 102 Å². The third-order valence-corrected chi connectivity index (χ3v) is 6.10. The Morgan fingerprint density at radius 2 is 1.77 bits per heavy atom. The Labute approximate surface area is 184 Å². The Morgan fingerprint density at radius 1 is 1.00 bits per heavy atom. The maximum Gasteiger partial charge on any atom is 0.273 e. The summed E-state index contributed by atoms with van der Waals surface area (Å²) in [7, 11) is 1.82. The smallest absolute Gasteiger partial charge is 0.273 e. The fourth-order valence-corrected chi connectivity index (χ4v) is 4.38. The molecule has 0 saturated carbocycles. The van der Waals surface area contributed by atoms with Gasteiger partial charge in [-0.3, -0.25) is 4.79 Å². The Balaban J connectivity index is 1.35. The molecule has 0 N–H and O–H groups in total. The van der Waals surface area contributed by atoms with Gasteiger partial charge in [-0.15, -0.1) is 11.3 Å². The standard InChI is InChI=1S/C25H20N4OS/c1-28(15-19-10-7-9-18-8-5-6-13-22(18)19)25(30)23-17-31-24(27-23)20-14-26-29(16-20)21-11-3-2-4-12-21/h2-14,16-17H,15H2,1H3. The molecule has 1 amide bonds. The molecule has 5 nitrogen and oxygen atoms in total. The predicted octanol–water partition coefficient (Wildman–Crippen LogP) is 5.42. The van der Waals surface area contributed by atoms with Gasteiger partial charge in [-0.1, -0.05) is 60.7 Å². The van der Waals surface area contributed by atoms with Gasteiger partial charge in [0.1, 0.15) is 10.7 Å². The molecule has 0 bridgehead atoms. The first-order valence-electron chi connectivity index (χ1n) is 9.97. The van der Waals surface area contributed by atoms with Gasteiger partial charge in [0.05, 0.1) is 11.9 Å². The van der Waals surface area contributed by atoms with E-state index < -0.39 is 0 Å². The van der Waals surface area contributed by atoms with E-state index in [1.165, 1.54) is 16.7 Å². The number of fused-ring (bicyclic) bond motifs is 1. The molecule has 0 saturated heterocycles. The summed E-state index contributed by atoms with van der Waals surface area (Å²) in [5.41, 5.74) is 3.45. The molecule has 2 aromatic heterocycles. The average Bonchev–Trinajstić information content (AvgIpc) is 3.49. The van der Waals surface area contributed by atoms with E-state index in [2.05, 4.69) is 34.3 Å². The van der Waals surface area contributed by atoms with Gasteiger partial charge >= 0.3 is 0 Å². The van der Waals surface area contributed by atoms with Crippen LogP contribution in [0.2, 0.25) is 0 Å². The highest BCUT2D eigenvalue weighted by Gasteiger charge is 2.18. The number of carbonyl (C=O) groups excluding carboxylic acids is 1. The lowest BCUT2D eigenvalue weighted by molar-refractivity contribution is 0.0781. The summed E-state index contributed by atoms with van der Waals surface area (Å²) < 4.78 is 1.81. The molecule has 0 fully saturated rings. The van der Waals surface area contributed by atoms with Crippen molar-refractivity contribution in [2.24, 2.45) is 0 Å². The van der Waals surface area contributed by atoms with Gasteiger partial charge in [0.2, 0.25) is 0 Å². The van der Waals surface area contributed by atoms with Crippen molar-refractivity contribution in [2.45, 2.75) is 6.54 Å². The molecular formula is C25H20N4OS. The lowest BCUT2D eigenvalue weighted by Gasteiger charge is -2.17. The minimum atomic E-state index is -0.0918. The molecule has 0 radical (unpaired) electrons. The van der Waals surface area contributed by atoms with Crippen LogP contribution < -0.4 is 0 Å². The minimum Gasteiger partial charge on any atom is -0.336 e. The van der Waals surface area contributed by atoms with Crippen LogP contribution >= 0.6 is 11.3 Å². The minimum absolute atomic E-state index is 0.0918. The van der Waals surface area contributed by atoms with Crippen LogP contribution in [0.25, 0.3) is 27.0 Å². The largest absolute Gasteiger partial charge is 0.336 e. The average molecular weight is 425 g/mol. The maximum atomic E-state index is 13.0. The van der Waals surface area contributed by atoms with Crippen molar-refractivity contribution in [3.8, 4) is 16.3 Å². The molecular weight excluding hydrogens is 404 g/mol. The quantitative estimate of drug-likeness (QED) is 0.378. The zero-order chi connectivity index (χ0) is 21.2. The summed E-state index contributed by atoms with van der Waals surface area (Å²) in [4.78, 5) is 19.3. The summed E-state index contributed by atoms with van der Waals surface area (Å²) in [6, 6.07) is 24.3. The van der Waals surface area contributed by atoms with Crippen molar-refractivity contribution < 1.29 is 4.79 Å². The lowest BCUT2D eigenvalue weighted by Crippen LogP contribution is -2.26. The second-order valence-corrected chi connectivity index (χ2v) is 8.20. The highest BCUT2D eigenvalue weighted by atomic mass is 32.1. The Kier molecular flexibility index (Phi) is 5.06. The number of benzene rings is 3. The molecule has 6 heteroatoms. The molecule has 0 spiro atoms. The molecule has 3 aromatic carbocycles. The van der Waals surface area contributed by atoms with Gasteiger partial charge < -0.3 is 4.90 Å². The second kappa shape index (κ2) is 8.16. The van der Waals surface area contributed by atoms with Gasteiger partial charge in [0.25, 0.3) is 5.91 Å². The third kappa shape index (κ3) is 3.85. The number of amides is 1. The van der Waals surface area contributed by atoms with Gasteiger partial charge in [-0.25, -0.2) is 9.67 Å². The van der Waals surface area contributed by atoms with Gasteiger partial charge in [0.15, 0.2) is 0 Å². The molecule has 0 atom stereocenters. The van der Waals surface area contributed by atoms with Crippen molar-refractivity contribution in [1.29, 1.82) is 0 Å². The van der Waals surface area contributed by atoms with Gasteiger partial charge in [-0.05, 0) is 28.5 Å². The first kappa shape index (κ1) is 19.2. The molecule has 31 heavy (non-hydrogen) atoms. The van der Waals surface area contributed by atoms with Crippen LogP contribution in [0.5, 0.6) is 0 Å². The van der Waals surface area contributed by atoms with E-state index >= 15 is 0 Å². The summed E-state index contributed by atoms with van der Waals surface area (Å²) in [6.07, 6.45) is 3.71. The first-order chi connectivity index (χ1) is 15.2. The van der Waals surface area contributed by atoms with E-state index in [1.54, 1.807) is 11.1 Å². The molecule has 0 aliphatic rings. The Morgan fingerprint density at radius 3 is 2.65 bits per heavy atom. The lowest BCUT2D eigenvalue weighted by atomic mass is 10.0. The van der Waals surface area contributed by atoms with Crippen LogP contribution in [0.15, 0.2) is 90.6 Å². The Bertz CT molecular complexity index is 1350. The van der Waals surface area contributed by atoms with Crippen LogP contribution in [0.3, 0.4) is 0 Å². The molecule has 0 unspecified atom stereocenters. The maximum absolute atomic E-state index is 13.0. The van der Waals surface area contributed by atoms with Crippen molar-refractivity contribution in [1.82, 2.24) is 19.7 Å². The Hall–Kier alpha value is -3.77. The van der Waals surface area contributed by atoms with Crippen LogP contribution in [0.4, 0.5) is 0 Å². The number of rotatable bonds is 5. The summed E-state index contributed by atoms with van der Waals surface area (Å²) in [6.45, 7) is 0.527. The number of hydrogen-bond donors (Lipinski definition) is 0. The fourth-order valence-electron chi connectivity index (χ4n) is 3.61.